The van der Waals surface area contributed by atoms with Crippen molar-refractivity contribution < 1.29 is 0 Å². The zero-order valence-electron chi connectivity index (χ0n) is 54.3. The molecular formula is C76H87B2N7. The van der Waals surface area contributed by atoms with Crippen LogP contribution in [0.2, 0.25) is 0 Å². The molecule has 0 fully saturated rings. The lowest BCUT2D eigenvalue weighted by atomic mass is 9.29. The number of aryl methyl sites for hydroxylation is 6. The summed E-state index contributed by atoms with van der Waals surface area (Å²) in [7, 11) is 3.80. The van der Waals surface area contributed by atoms with Gasteiger partial charge in [0.05, 0.1) is 0 Å². The lowest BCUT2D eigenvalue weighted by Gasteiger charge is -2.45. The molecule has 9 heteroatoms. The molecule has 2 heterocycles. The van der Waals surface area contributed by atoms with Gasteiger partial charge >= 0.3 is 0 Å². The summed E-state index contributed by atoms with van der Waals surface area (Å²) in [5, 5.41) is 26.4. The number of hydrogen-bond acceptors (Lipinski definition) is 3. The molecule has 4 N–H and O–H groups in total. The Balaban J connectivity index is 1.37. The number of amidine groups is 4. The molecule has 2 aliphatic rings. The van der Waals surface area contributed by atoms with Crippen molar-refractivity contribution in [1.82, 2.24) is 10.6 Å². The highest BCUT2D eigenvalue weighted by Gasteiger charge is 2.46. The van der Waals surface area contributed by atoms with Gasteiger partial charge in [-0.2, -0.15) is 0 Å². The SMILES string of the molecule is CN/C(=N\C(=N)c1ccc(C(C)(C)C)cc1)c1cccc(/C(=N/C(=N)c2ccc(C(C)(C)C)cc2)NC)c1-c1cc2c3c(c1)B(c1c(C)cc(C)cc1C)c1cc(C(C)(C)C)ccc1N3c1ccc(C(C)(C)C)cc1B2c1c(C)cc(C)cc1C. The van der Waals surface area contributed by atoms with Crippen LogP contribution in [-0.2, 0) is 21.7 Å². The van der Waals surface area contributed by atoms with Gasteiger partial charge in [0.1, 0.15) is 11.7 Å². The first-order valence-corrected chi connectivity index (χ1v) is 30.4. The fourth-order valence-electron chi connectivity index (χ4n) is 13.4. The average molecular weight is 1120 g/mol. The van der Waals surface area contributed by atoms with E-state index in [1.165, 1.54) is 105 Å². The van der Waals surface area contributed by atoms with Crippen molar-refractivity contribution in [2.24, 2.45) is 9.98 Å². The summed E-state index contributed by atoms with van der Waals surface area (Å²) >= 11 is 0. The molecule has 0 atom stereocenters. The maximum atomic E-state index is 9.67. The summed E-state index contributed by atoms with van der Waals surface area (Å²) < 4.78 is 0. The average Bonchev–Trinajstić information content (AvgIpc) is 0.718. The van der Waals surface area contributed by atoms with Gasteiger partial charge in [-0.25, -0.2) is 9.98 Å². The lowest BCUT2D eigenvalue weighted by molar-refractivity contribution is 0.590. The Bertz CT molecular complexity index is 3760. The summed E-state index contributed by atoms with van der Waals surface area (Å²) in [5.41, 5.74) is 28.2. The first kappa shape index (κ1) is 60.1. The maximum absolute atomic E-state index is 9.67. The lowest BCUT2D eigenvalue weighted by Crippen LogP contribution is -2.66. The molecule has 0 spiro atoms. The minimum Gasteiger partial charge on any atom is -0.373 e. The molecular weight excluding hydrogens is 1030 g/mol. The molecule has 0 bridgehead atoms. The highest BCUT2D eigenvalue weighted by Crippen LogP contribution is 2.42. The second kappa shape index (κ2) is 22.1. The molecule has 0 aliphatic carbocycles. The number of benzene rings is 8. The quantitative estimate of drug-likeness (QED) is 0.0727. The predicted molar refractivity (Wildman–Crippen MR) is 370 cm³/mol. The van der Waals surface area contributed by atoms with Crippen LogP contribution in [0, 0.1) is 52.4 Å². The zero-order chi connectivity index (χ0) is 61.6. The maximum Gasteiger partial charge on any atom is 0.247 e. The Morgan fingerprint density at radius 1 is 0.412 bits per heavy atom. The van der Waals surface area contributed by atoms with Crippen LogP contribution in [-0.4, -0.2) is 50.9 Å². The topological polar surface area (TPSA) is 99.7 Å². The van der Waals surface area contributed by atoms with Crippen molar-refractivity contribution in [2.75, 3.05) is 19.0 Å². The van der Waals surface area contributed by atoms with E-state index in [1.54, 1.807) is 0 Å². The third kappa shape index (κ3) is 11.3. The van der Waals surface area contributed by atoms with E-state index in [9.17, 15) is 10.8 Å². The van der Waals surface area contributed by atoms with Crippen LogP contribution < -0.4 is 48.3 Å². The van der Waals surface area contributed by atoms with Crippen molar-refractivity contribution in [1.29, 1.82) is 10.8 Å². The smallest absolute Gasteiger partial charge is 0.247 e. The second-order valence-electron chi connectivity index (χ2n) is 28.4. The molecule has 0 amide bonds. The summed E-state index contributed by atoms with van der Waals surface area (Å²) in [6.45, 7) is 40.4. The van der Waals surface area contributed by atoms with Crippen LogP contribution in [0.1, 0.15) is 161 Å². The van der Waals surface area contributed by atoms with E-state index in [4.69, 9.17) is 9.98 Å². The van der Waals surface area contributed by atoms with Gasteiger partial charge in [-0.1, -0.05) is 255 Å². The molecule has 7 nitrogen and oxygen atoms in total. The van der Waals surface area contributed by atoms with Crippen molar-refractivity contribution >= 4 is 86.6 Å². The van der Waals surface area contributed by atoms with Crippen LogP contribution in [0.3, 0.4) is 0 Å². The number of nitrogens with zero attached hydrogens (tertiary/aromatic N) is 3. The predicted octanol–water partition coefficient (Wildman–Crippen LogP) is 13.5. The number of fused-ring (bicyclic) bond motifs is 4. The van der Waals surface area contributed by atoms with Gasteiger partial charge < -0.3 is 15.5 Å². The van der Waals surface area contributed by atoms with E-state index >= 15 is 0 Å². The van der Waals surface area contributed by atoms with E-state index in [2.05, 4.69) is 255 Å². The molecule has 10 rings (SSSR count). The monoisotopic (exact) mass is 1120 g/mol. The Morgan fingerprint density at radius 2 is 0.741 bits per heavy atom. The van der Waals surface area contributed by atoms with Crippen molar-refractivity contribution in [3.05, 3.63) is 217 Å². The first-order chi connectivity index (χ1) is 39.9. The molecule has 8 aromatic rings. The molecule has 8 aromatic carbocycles. The number of nitrogens with one attached hydrogen (secondary N) is 4. The number of rotatable bonds is 7. The van der Waals surface area contributed by atoms with E-state index in [0.29, 0.717) is 11.7 Å². The molecule has 0 radical (unpaired) electrons. The molecule has 0 unspecified atom stereocenters. The van der Waals surface area contributed by atoms with Gasteiger partial charge in [-0.05, 0) is 125 Å². The van der Waals surface area contributed by atoms with Crippen LogP contribution in [0.4, 0.5) is 17.1 Å². The standard InChI is InChI=1S/C76H87B2N7/c1-44-36-46(3)66(47(4)37-44)77-59-42-55(75(13,14)15)32-34-63(59)85-64-35-33-56(76(16,17)18)43-60(64)78(67-48(5)38-45(2)39-49(67)6)62-41-52(40-61(77)68(62)85)65-57(71(81-19)83-69(79)50-24-28-53(29-25-50)73(7,8)9)22-21-23-58(65)72(82-20)84-70(80)51-26-30-54(31-27-51)74(10,11)12/h21-43H,1-20H3,(H2,79,81,83)(H2,80,82,84). The summed E-state index contributed by atoms with van der Waals surface area (Å²) in [5.74, 6) is 1.38. The molecule has 0 saturated heterocycles. The van der Waals surface area contributed by atoms with Gasteiger partial charge in [-0.3, -0.25) is 10.8 Å². The molecule has 432 valence electrons. The summed E-state index contributed by atoms with van der Waals surface area (Å²) in [6.07, 6.45) is 0. The second-order valence-corrected chi connectivity index (χ2v) is 28.4. The van der Waals surface area contributed by atoms with E-state index in [0.717, 1.165) is 33.4 Å². The van der Waals surface area contributed by atoms with Gasteiger partial charge in [-0.15, -0.1) is 0 Å². The molecule has 0 saturated carbocycles. The molecule has 0 aromatic heterocycles. The van der Waals surface area contributed by atoms with Crippen LogP contribution in [0.5, 0.6) is 0 Å². The highest BCUT2D eigenvalue weighted by molar-refractivity contribution is 7.02. The van der Waals surface area contributed by atoms with E-state index < -0.39 is 0 Å². The normalized spacial score (nSPS) is 13.6. The van der Waals surface area contributed by atoms with Gasteiger partial charge in [0, 0.05) is 59.0 Å². The van der Waals surface area contributed by atoms with Crippen LogP contribution >= 0.6 is 0 Å². The Hall–Kier alpha value is -8.03. The fourth-order valence-corrected chi connectivity index (χ4v) is 13.4. The van der Waals surface area contributed by atoms with Gasteiger partial charge in [0.15, 0.2) is 11.7 Å². The van der Waals surface area contributed by atoms with Crippen LogP contribution in [0.15, 0.2) is 150 Å². The number of anilines is 3. The Morgan fingerprint density at radius 3 is 1.06 bits per heavy atom. The fraction of sp³-hybridized carbons (Fsp3) is 0.316. The van der Waals surface area contributed by atoms with E-state index in [1.807, 2.05) is 38.4 Å². The highest BCUT2D eigenvalue weighted by atomic mass is 15.2. The Kier molecular flexibility index (Phi) is 15.6. The van der Waals surface area contributed by atoms with Crippen molar-refractivity contribution in [3.63, 3.8) is 0 Å². The van der Waals surface area contributed by atoms with Crippen molar-refractivity contribution in [3.8, 4) is 11.1 Å². The number of aliphatic imine (C=N–C) groups is 2. The van der Waals surface area contributed by atoms with Crippen molar-refractivity contribution in [2.45, 2.75) is 146 Å². The molecule has 2 aliphatic heterocycles. The minimum absolute atomic E-state index is 0.0425. The summed E-state index contributed by atoms with van der Waals surface area (Å²) in [4.78, 5) is 13.0. The minimum atomic E-state index is -0.168. The van der Waals surface area contributed by atoms with Gasteiger partial charge in [0.25, 0.3) is 0 Å². The first-order valence-electron chi connectivity index (χ1n) is 30.4. The largest absolute Gasteiger partial charge is 0.373 e. The van der Waals surface area contributed by atoms with Gasteiger partial charge in [0.2, 0.25) is 13.4 Å². The third-order valence-corrected chi connectivity index (χ3v) is 17.8. The zero-order valence-corrected chi connectivity index (χ0v) is 54.3. The Labute approximate surface area is 509 Å². The summed E-state index contributed by atoms with van der Waals surface area (Å²) in [6, 6.07) is 51.7. The number of hydrogen-bond donors (Lipinski definition) is 4. The van der Waals surface area contributed by atoms with Crippen LogP contribution in [0.25, 0.3) is 11.1 Å². The third-order valence-electron chi connectivity index (χ3n) is 17.8. The molecule has 85 heavy (non-hydrogen) atoms. The van der Waals surface area contributed by atoms with E-state index in [-0.39, 0.29) is 46.8 Å².